The summed E-state index contributed by atoms with van der Waals surface area (Å²) < 4.78 is 5.01. The van der Waals surface area contributed by atoms with Gasteiger partial charge in [-0.2, -0.15) is 0 Å². The zero-order valence-corrected chi connectivity index (χ0v) is 16.4. The normalized spacial score (nSPS) is 26.8. The first kappa shape index (κ1) is 20.0. The average molecular weight is 380 g/mol. The van der Waals surface area contributed by atoms with Crippen molar-refractivity contribution in [2.75, 3.05) is 19.7 Å². The highest BCUT2D eigenvalue weighted by atomic mass is 16.6. The number of hydrogen-bond donors (Lipinski definition) is 2. The predicted molar refractivity (Wildman–Crippen MR) is 101 cm³/mol. The van der Waals surface area contributed by atoms with E-state index >= 15 is 0 Å². The van der Waals surface area contributed by atoms with Crippen LogP contribution in [0.2, 0.25) is 0 Å². The Balaban J connectivity index is 1.36. The monoisotopic (exact) mass is 379 g/mol. The Kier molecular flexibility index (Phi) is 6.96. The SMILES string of the molecule is CCOC(=O)N1CCC(NC(=O)C2CC2C(=O)NC2CCCCCC2)CC1. The molecule has 1 heterocycles. The van der Waals surface area contributed by atoms with Crippen molar-refractivity contribution in [1.29, 1.82) is 0 Å². The number of hydrogen-bond acceptors (Lipinski definition) is 4. The van der Waals surface area contributed by atoms with Crippen molar-refractivity contribution in [3.63, 3.8) is 0 Å². The highest BCUT2D eigenvalue weighted by Gasteiger charge is 2.48. The molecular formula is C20H33N3O4. The summed E-state index contributed by atoms with van der Waals surface area (Å²) in [6.45, 7) is 3.37. The van der Waals surface area contributed by atoms with Crippen molar-refractivity contribution in [2.24, 2.45) is 11.8 Å². The molecule has 152 valence electrons. The number of likely N-dealkylation sites (tertiary alicyclic amines) is 1. The summed E-state index contributed by atoms with van der Waals surface area (Å²) in [4.78, 5) is 38.3. The van der Waals surface area contributed by atoms with Crippen LogP contribution in [0.3, 0.4) is 0 Å². The van der Waals surface area contributed by atoms with Gasteiger partial charge in [0.05, 0.1) is 18.4 Å². The number of carbonyl (C=O) groups is 3. The van der Waals surface area contributed by atoms with E-state index in [0.29, 0.717) is 26.1 Å². The Morgan fingerprint density at radius 2 is 1.37 bits per heavy atom. The van der Waals surface area contributed by atoms with Gasteiger partial charge in [0.2, 0.25) is 11.8 Å². The fraction of sp³-hybridized carbons (Fsp3) is 0.850. The van der Waals surface area contributed by atoms with Crippen LogP contribution in [-0.4, -0.2) is 54.6 Å². The molecule has 7 nitrogen and oxygen atoms in total. The van der Waals surface area contributed by atoms with E-state index in [1.807, 2.05) is 0 Å². The Bertz CT molecular complexity index is 537. The standard InChI is InChI=1S/C20H33N3O4/c1-2-27-20(26)23-11-9-15(10-12-23)22-19(25)17-13-16(17)18(24)21-14-7-5-3-4-6-8-14/h14-17H,2-13H2,1H3,(H,21,24)(H,22,25). The number of amides is 3. The lowest BCUT2D eigenvalue weighted by molar-refractivity contribution is -0.128. The highest BCUT2D eigenvalue weighted by molar-refractivity contribution is 5.92. The Morgan fingerprint density at radius 1 is 0.852 bits per heavy atom. The van der Waals surface area contributed by atoms with Crippen LogP contribution < -0.4 is 10.6 Å². The van der Waals surface area contributed by atoms with E-state index < -0.39 is 0 Å². The van der Waals surface area contributed by atoms with Gasteiger partial charge in [-0.25, -0.2) is 4.79 Å². The molecule has 0 bridgehead atoms. The summed E-state index contributed by atoms with van der Waals surface area (Å²) in [5.74, 6) is -0.295. The maximum absolute atomic E-state index is 12.5. The van der Waals surface area contributed by atoms with Crippen LogP contribution in [0.4, 0.5) is 4.79 Å². The number of nitrogens with one attached hydrogen (secondary N) is 2. The first-order chi connectivity index (χ1) is 13.1. The second-order valence-electron chi connectivity index (χ2n) is 8.11. The average Bonchev–Trinajstić information content (AvgIpc) is 3.47. The molecule has 1 saturated heterocycles. The summed E-state index contributed by atoms with van der Waals surface area (Å²) in [5, 5.41) is 6.24. The molecule has 0 spiro atoms. The van der Waals surface area contributed by atoms with Gasteiger partial charge in [-0.1, -0.05) is 25.7 Å². The van der Waals surface area contributed by atoms with Crippen LogP contribution >= 0.6 is 0 Å². The van der Waals surface area contributed by atoms with E-state index in [0.717, 1.165) is 25.7 Å². The third kappa shape index (κ3) is 5.59. The van der Waals surface area contributed by atoms with Gasteiger partial charge >= 0.3 is 6.09 Å². The number of ether oxygens (including phenoxy) is 1. The lowest BCUT2D eigenvalue weighted by Crippen LogP contribution is -2.47. The number of piperidine rings is 1. The molecular weight excluding hydrogens is 346 g/mol. The lowest BCUT2D eigenvalue weighted by Gasteiger charge is -2.31. The van der Waals surface area contributed by atoms with E-state index in [9.17, 15) is 14.4 Å². The fourth-order valence-electron chi connectivity index (χ4n) is 4.24. The predicted octanol–water partition coefficient (Wildman–Crippen LogP) is 2.20. The van der Waals surface area contributed by atoms with Gasteiger partial charge in [-0.15, -0.1) is 0 Å². The summed E-state index contributed by atoms with van der Waals surface area (Å²) in [6, 6.07) is 0.367. The van der Waals surface area contributed by atoms with Gasteiger partial charge < -0.3 is 20.3 Å². The molecule has 2 saturated carbocycles. The molecule has 0 radical (unpaired) electrons. The molecule has 2 N–H and O–H groups in total. The zero-order chi connectivity index (χ0) is 19.2. The van der Waals surface area contributed by atoms with E-state index in [2.05, 4.69) is 10.6 Å². The van der Waals surface area contributed by atoms with E-state index in [4.69, 9.17) is 4.74 Å². The Labute approximate surface area is 161 Å². The first-order valence-corrected chi connectivity index (χ1v) is 10.6. The summed E-state index contributed by atoms with van der Waals surface area (Å²) in [6.07, 6.45) is 8.86. The van der Waals surface area contributed by atoms with Gasteiger partial charge in [0.25, 0.3) is 0 Å². The molecule has 2 unspecified atom stereocenters. The number of carbonyl (C=O) groups excluding carboxylic acids is 3. The van der Waals surface area contributed by atoms with E-state index in [-0.39, 0.29) is 41.8 Å². The maximum Gasteiger partial charge on any atom is 0.409 e. The lowest BCUT2D eigenvalue weighted by atomic mass is 10.0. The van der Waals surface area contributed by atoms with Crippen LogP contribution in [0.1, 0.15) is 64.7 Å². The second-order valence-corrected chi connectivity index (χ2v) is 8.11. The fourth-order valence-corrected chi connectivity index (χ4v) is 4.24. The maximum atomic E-state index is 12.5. The smallest absolute Gasteiger partial charge is 0.409 e. The molecule has 3 amide bonds. The van der Waals surface area contributed by atoms with Crippen molar-refractivity contribution in [3.05, 3.63) is 0 Å². The molecule has 3 rings (SSSR count). The molecule has 0 aromatic carbocycles. The summed E-state index contributed by atoms with van der Waals surface area (Å²) in [7, 11) is 0. The minimum atomic E-state index is -0.278. The van der Waals surface area contributed by atoms with E-state index in [1.54, 1.807) is 11.8 Å². The Morgan fingerprint density at radius 3 is 1.89 bits per heavy atom. The molecule has 0 aromatic rings. The third-order valence-corrected chi connectivity index (χ3v) is 6.03. The molecule has 27 heavy (non-hydrogen) atoms. The third-order valence-electron chi connectivity index (χ3n) is 6.03. The van der Waals surface area contributed by atoms with Crippen molar-refractivity contribution in [1.82, 2.24) is 15.5 Å². The topological polar surface area (TPSA) is 87.7 Å². The van der Waals surface area contributed by atoms with Crippen molar-refractivity contribution in [3.8, 4) is 0 Å². The first-order valence-electron chi connectivity index (χ1n) is 10.6. The van der Waals surface area contributed by atoms with Crippen LogP contribution in [0.5, 0.6) is 0 Å². The largest absolute Gasteiger partial charge is 0.450 e. The molecule has 0 aromatic heterocycles. The summed E-state index contributed by atoms with van der Waals surface area (Å²) in [5.41, 5.74) is 0. The summed E-state index contributed by atoms with van der Waals surface area (Å²) >= 11 is 0. The highest BCUT2D eigenvalue weighted by Crippen LogP contribution is 2.39. The van der Waals surface area contributed by atoms with Crippen molar-refractivity contribution in [2.45, 2.75) is 76.8 Å². The minimum absolute atomic E-state index is 0.00870. The number of rotatable bonds is 5. The minimum Gasteiger partial charge on any atom is -0.450 e. The van der Waals surface area contributed by atoms with Crippen molar-refractivity contribution >= 4 is 17.9 Å². The molecule has 3 fully saturated rings. The van der Waals surface area contributed by atoms with Crippen LogP contribution in [0.25, 0.3) is 0 Å². The van der Waals surface area contributed by atoms with Gasteiger partial charge in [-0.3, -0.25) is 9.59 Å². The quantitative estimate of drug-likeness (QED) is 0.717. The van der Waals surface area contributed by atoms with Crippen LogP contribution in [0, 0.1) is 11.8 Å². The van der Waals surface area contributed by atoms with E-state index in [1.165, 1.54) is 25.7 Å². The number of nitrogens with zero attached hydrogens (tertiary/aromatic N) is 1. The molecule has 3 aliphatic rings. The van der Waals surface area contributed by atoms with Crippen molar-refractivity contribution < 1.29 is 19.1 Å². The molecule has 7 heteroatoms. The molecule has 1 aliphatic heterocycles. The van der Waals surface area contributed by atoms with Gasteiger partial charge in [0, 0.05) is 25.2 Å². The van der Waals surface area contributed by atoms with Gasteiger partial charge in [0.1, 0.15) is 0 Å². The molecule has 2 atom stereocenters. The Hall–Kier alpha value is -1.79. The van der Waals surface area contributed by atoms with Gasteiger partial charge in [-0.05, 0) is 39.0 Å². The van der Waals surface area contributed by atoms with Crippen LogP contribution in [-0.2, 0) is 14.3 Å². The zero-order valence-electron chi connectivity index (χ0n) is 16.4. The van der Waals surface area contributed by atoms with Gasteiger partial charge in [0.15, 0.2) is 0 Å². The molecule has 2 aliphatic carbocycles. The van der Waals surface area contributed by atoms with Crippen LogP contribution in [0.15, 0.2) is 0 Å². The second kappa shape index (κ2) is 9.42.